The summed E-state index contributed by atoms with van der Waals surface area (Å²) in [4.78, 5) is 2.37. The molecule has 2 rings (SSSR count). The van der Waals surface area contributed by atoms with Crippen molar-refractivity contribution in [2.24, 2.45) is 5.92 Å². The van der Waals surface area contributed by atoms with Gasteiger partial charge in [-0.2, -0.15) is 0 Å². The first-order chi connectivity index (χ1) is 8.25. The van der Waals surface area contributed by atoms with Crippen LogP contribution in [0.25, 0.3) is 0 Å². The van der Waals surface area contributed by atoms with E-state index >= 15 is 0 Å². The van der Waals surface area contributed by atoms with E-state index in [1.807, 2.05) is 0 Å². The van der Waals surface area contributed by atoms with Crippen LogP contribution in [0.4, 0.5) is 0 Å². The predicted molar refractivity (Wildman–Crippen MR) is 69.1 cm³/mol. The highest BCUT2D eigenvalue weighted by molar-refractivity contribution is 4.75. The maximum atomic E-state index is 9.98. The molecule has 2 aliphatic rings. The molecule has 3 nitrogen and oxygen atoms in total. The Labute approximate surface area is 105 Å². The Hall–Kier alpha value is -0.120. The number of likely N-dealkylation sites (tertiary alicyclic amines) is 1. The van der Waals surface area contributed by atoms with Crippen LogP contribution in [0.1, 0.15) is 45.4 Å². The number of aliphatic hydroxyl groups excluding tert-OH is 1. The van der Waals surface area contributed by atoms with Crippen LogP contribution >= 0.6 is 0 Å². The fraction of sp³-hybridized carbons (Fsp3) is 1.00. The lowest BCUT2D eigenvalue weighted by atomic mass is 10.1. The number of rotatable bonds is 5. The van der Waals surface area contributed by atoms with E-state index in [0.717, 1.165) is 19.6 Å². The molecule has 3 heteroatoms. The van der Waals surface area contributed by atoms with Gasteiger partial charge in [0.05, 0.1) is 18.8 Å². The van der Waals surface area contributed by atoms with Gasteiger partial charge in [0.1, 0.15) is 0 Å². The van der Waals surface area contributed by atoms with Gasteiger partial charge < -0.3 is 14.7 Å². The Bertz CT molecular complexity index is 216. The van der Waals surface area contributed by atoms with Gasteiger partial charge in [-0.25, -0.2) is 0 Å². The first kappa shape index (κ1) is 13.3. The molecule has 1 saturated heterocycles. The van der Waals surface area contributed by atoms with Gasteiger partial charge in [-0.05, 0) is 44.7 Å². The molecule has 1 saturated carbocycles. The molecule has 0 radical (unpaired) electrons. The van der Waals surface area contributed by atoms with Crippen molar-refractivity contribution in [2.45, 2.75) is 57.7 Å². The van der Waals surface area contributed by atoms with Crippen LogP contribution in [0.3, 0.4) is 0 Å². The molecule has 1 aliphatic heterocycles. The molecule has 0 unspecified atom stereocenters. The van der Waals surface area contributed by atoms with Crippen molar-refractivity contribution >= 4 is 0 Å². The Morgan fingerprint density at radius 3 is 2.59 bits per heavy atom. The van der Waals surface area contributed by atoms with Gasteiger partial charge in [-0.1, -0.05) is 19.8 Å². The van der Waals surface area contributed by atoms with Crippen molar-refractivity contribution < 1.29 is 9.84 Å². The molecule has 17 heavy (non-hydrogen) atoms. The van der Waals surface area contributed by atoms with E-state index in [2.05, 4.69) is 11.8 Å². The van der Waals surface area contributed by atoms with E-state index in [1.54, 1.807) is 0 Å². The van der Waals surface area contributed by atoms with Crippen LogP contribution in [-0.4, -0.2) is 48.5 Å². The summed E-state index contributed by atoms with van der Waals surface area (Å²) in [6.07, 6.45) is 7.76. The maximum Gasteiger partial charge on any atom is 0.0900 e. The second kappa shape index (κ2) is 6.72. The van der Waals surface area contributed by atoms with Crippen LogP contribution < -0.4 is 0 Å². The van der Waals surface area contributed by atoms with E-state index in [4.69, 9.17) is 4.74 Å². The number of β-amino-alcohol motifs (C(OH)–C–C–N with tert-alkyl or cyclic N) is 1. The molecular formula is C14H27NO2. The number of hydrogen-bond donors (Lipinski definition) is 1. The molecule has 1 N–H and O–H groups in total. The van der Waals surface area contributed by atoms with Crippen LogP contribution in [-0.2, 0) is 4.74 Å². The molecule has 0 spiro atoms. The van der Waals surface area contributed by atoms with Crippen LogP contribution in [0.2, 0.25) is 0 Å². The topological polar surface area (TPSA) is 32.7 Å². The standard InChI is InChI=1S/C14H27NO2/c1-12-6-5-7-14(12)17-11-13(16)10-15-8-3-2-4-9-15/h12-14,16H,2-11H2,1H3/t12-,13+,14+/m1/s1. The lowest BCUT2D eigenvalue weighted by Crippen LogP contribution is -2.38. The molecule has 0 aromatic carbocycles. The number of hydrogen-bond acceptors (Lipinski definition) is 3. The van der Waals surface area contributed by atoms with Gasteiger partial charge in [0.15, 0.2) is 0 Å². The molecule has 3 atom stereocenters. The Kier molecular flexibility index (Phi) is 5.26. The van der Waals surface area contributed by atoms with Crippen molar-refractivity contribution in [3.05, 3.63) is 0 Å². The molecule has 2 fully saturated rings. The first-order valence-corrected chi connectivity index (χ1v) is 7.27. The fourth-order valence-electron chi connectivity index (χ4n) is 3.09. The highest BCUT2D eigenvalue weighted by atomic mass is 16.5. The minimum atomic E-state index is -0.305. The quantitative estimate of drug-likeness (QED) is 0.799. The van der Waals surface area contributed by atoms with Gasteiger partial charge in [0, 0.05) is 6.54 Å². The maximum absolute atomic E-state index is 9.98. The van der Waals surface area contributed by atoms with Gasteiger partial charge >= 0.3 is 0 Å². The van der Waals surface area contributed by atoms with E-state index < -0.39 is 0 Å². The molecular weight excluding hydrogens is 214 g/mol. The van der Waals surface area contributed by atoms with E-state index in [9.17, 15) is 5.11 Å². The summed E-state index contributed by atoms with van der Waals surface area (Å²) in [6.45, 7) is 5.87. The zero-order valence-electron chi connectivity index (χ0n) is 11.1. The van der Waals surface area contributed by atoms with Gasteiger partial charge in [-0.15, -0.1) is 0 Å². The summed E-state index contributed by atoms with van der Waals surface area (Å²) >= 11 is 0. The number of piperidine rings is 1. The largest absolute Gasteiger partial charge is 0.389 e. The second-order valence-electron chi connectivity index (χ2n) is 5.80. The molecule has 0 amide bonds. The summed E-state index contributed by atoms with van der Waals surface area (Å²) in [5, 5.41) is 9.98. The number of aliphatic hydroxyl groups is 1. The molecule has 0 aromatic rings. The lowest BCUT2D eigenvalue weighted by Gasteiger charge is -2.29. The van der Waals surface area contributed by atoms with Crippen molar-refractivity contribution in [2.75, 3.05) is 26.2 Å². The second-order valence-corrected chi connectivity index (χ2v) is 5.80. The van der Waals surface area contributed by atoms with Crippen molar-refractivity contribution in [3.63, 3.8) is 0 Å². The Balaban J connectivity index is 1.61. The summed E-state index contributed by atoms with van der Waals surface area (Å²) in [5.74, 6) is 0.678. The first-order valence-electron chi connectivity index (χ1n) is 7.27. The highest BCUT2D eigenvalue weighted by Crippen LogP contribution is 2.27. The average molecular weight is 241 g/mol. The van der Waals surface area contributed by atoms with E-state index in [0.29, 0.717) is 18.6 Å². The minimum absolute atomic E-state index is 0.305. The van der Waals surface area contributed by atoms with Crippen LogP contribution in [0.5, 0.6) is 0 Å². The van der Waals surface area contributed by atoms with Gasteiger partial charge in [0.25, 0.3) is 0 Å². The predicted octanol–water partition coefficient (Wildman–Crippen LogP) is 2.04. The fourth-order valence-corrected chi connectivity index (χ4v) is 3.09. The van der Waals surface area contributed by atoms with Gasteiger partial charge in [0.2, 0.25) is 0 Å². The minimum Gasteiger partial charge on any atom is -0.389 e. The van der Waals surface area contributed by atoms with Crippen LogP contribution in [0.15, 0.2) is 0 Å². The Morgan fingerprint density at radius 1 is 1.18 bits per heavy atom. The van der Waals surface area contributed by atoms with E-state index in [1.165, 1.54) is 38.5 Å². The third-order valence-corrected chi connectivity index (χ3v) is 4.20. The van der Waals surface area contributed by atoms with Gasteiger partial charge in [-0.3, -0.25) is 0 Å². The van der Waals surface area contributed by atoms with Crippen molar-refractivity contribution in [1.29, 1.82) is 0 Å². The lowest BCUT2D eigenvalue weighted by molar-refractivity contribution is -0.0331. The van der Waals surface area contributed by atoms with E-state index in [-0.39, 0.29) is 6.10 Å². The Morgan fingerprint density at radius 2 is 1.94 bits per heavy atom. The SMILES string of the molecule is C[C@@H]1CCC[C@@H]1OC[C@@H](O)CN1CCCCC1. The third kappa shape index (κ3) is 4.23. The summed E-state index contributed by atoms with van der Waals surface area (Å²) in [6, 6.07) is 0. The highest BCUT2D eigenvalue weighted by Gasteiger charge is 2.25. The van der Waals surface area contributed by atoms with Crippen molar-refractivity contribution in [3.8, 4) is 0 Å². The molecule has 1 heterocycles. The molecule has 100 valence electrons. The zero-order valence-corrected chi connectivity index (χ0v) is 11.1. The molecule has 1 aliphatic carbocycles. The summed E-state index contributed by atoms with van der Waals surface area (Å²) < 4.78 is 5.84. The van der Waals surface area contributed by atoms with Crippen molar-refractivity contribution in [1.82, 2.24) is 4.90 Å². The molecule has 0 bridgehead atoms. The summed E-state index contributed by atoms with van der Waals surface area (Å²) in [5.41, 5.74) is 0. The number of nitrogens with zero attached hydrogens (tertiary/aromatic N) is 1. The summed E-state index contributed by atoms with van der Waals surface area (Å²) in [7, 11) is 0. The average Bonchev–Trinajstić information content (AvgIpc) is 2.74. The normalized spacial score (nSPS) is 32.8. The monoisotopic (exact) mass is 241 g/mol. The number of ether oxygens (including phenoxy) is 1. The smallest absolute Gasteiger partial charge is 0.0900 e. The third-order valence-electron chi connectivity index (χ3n) is 4.20. The zero-order chi connectivity index (χ0) is 12.1. The van der Waals surface area contributed by atoms with Crippen LogP contribution in [0, 0.1) is 5.92 Å². The molecule has 0 aromatic heterocycles.